The maximum Gasteiger partial charge on any atom is 0.228 e. The molecule has 154 valence electrons. The van der Waals surface area contributed by atoms with Crippen LogP contribution in [0.1, 0.15) is 35.7 Å². The fraction of sp³-hybridized carbons (Fsp3) is 0.450. The van der Waals surface area contributed by atoms with Gasteiger partial charge in [0.05, 0.1) is 23.2 Å². The fourth-order valence-electron chi connectivity index (χ4n) is 5.25. The predicted molar refractivity (Wildman–Crippen MR) is 96.8 cm³/mol. The number of carbonyl (C=O) groups excluding carboxylic acids is 3. The van der Waals surface area contributed by atoms with Crippen molar-refractivity contribution in [3.05, 3.63) is 40.7 Å². The first-order valence-electron chi connectivity index (χ1n) is 9.19. The highest BCUT2D eigenvalue weighted by Crippen LogP contribution is 2.56. The smallest absolute Gasteiger partial charge is 0.228 e. The first-order valence-corrected chi connectivity index (χ1v) is 9.19. The number of hydrogen-bond donors (Lipinski definition) is 6. The van der Waals surface area contributed by atoms with Crippen molar-refractivity contribution in [2.75, 3.05) is 0 Å². The summed E-state index contributed by atoms with van der Waals surface area (Å²) in [5.74, 6) is -6.96. The summed E-state index contributed by atoms with van der Waals surface area (Å²) in [6.45, 7) is 1.37. The number of aromatic hydroxyl groups is 1. The highest BCUT2D eigenvalue weighted by atomic mass is 16.4. The van der Waals surface area contributed by atoms with Gasteiger partial charge in [-0.25, -0.2) is 0 Å². The number of phenolic OH excluding ortho intramolecular Hbond substituents is 1. The Hall–Kier alpha value is -2.75. The molecule has 0 saturated heterocycles. The Kier molecular flexibility index (Phi) is 3.97. The van der Waals surface area contributed by atoms with Crippen LogP contribution in [0.4, 0.5) is 0 Å². The molecule has 1 aromatic carbocycles. The molecule has 0 aliphatic heterocycles. The highest BCUT2D eigenvalue weighted by molar-refractivity contribution is 6.17. The summed E-state index contributed by atoms with van der Waals surface area (Å²) in [7, 11) is 0. The molecule has 9 heteroatoms. The van der Waals surface area contributed by atoms with Crippen LogP contribution in [0.2, 0.25) is 0 Å². The van der Waals surface area contributed by atoms with Crippen LogP contribution >= 0.6 is 0 Å². The van der Waals surface area contributed by atoms with E-state index < -0.39 is 76.0 Å². The predicted octanol–water partition coefficient (Wildman–Crippen LogP) is -0.795. The van der Waals surface area contributed by atoms with E-state index in [0.717, 1.165) is 0 Å². The Bertz CT molecular complexity index is 1000. The van der Waals surface area contributed by atoms with Crippen LogP contribution in [0.5, 0.6) is 5.75 Å². The zero-order valence-electron chi connectivity index (χ0n) is 15.5. The number of benzene rings is 1. The number of fused-ring (bicyclic) bond motifs is 3. The van der Waals surface area contributed by atoms with E-state index in [1.54, 1.807) is 0 Å². The summed E-state index contributed by atoms with van der Waals surface area (Å²) in [5, 5.41) is 53.3. The van der Waals surface area contributed by atoms with Gasteiger partial charge < -0.3 is 31.3 Å². The maximum atomic E-state index is 13.2. The number of Topliss-reactive ketones (excluding diaryl/α,β-unsaturated/α-hetero) is 2. The molecule has 6 atom stereocenters. The second kappa shape index (κ2) is 5.88. The summed E-state index contributed by atoms with van der Waals surface area (Å²) in [6, 6.07) is 4.05. The van der Waals surface area contributed by atoms with Crippen molar-refractivity contribution in [2.45, 2.75) is 43.0 Å². The largest absolute Gasteiger partial charge is 0.508 e. The van der Waals surface area contributed by atoms with E-state index in [1.165, 1.54) is 25.1 Å². The molecule has 1 saturated carbocycles. The fourth-order valence-corrected chi connectivity index (χ4v) is 5.25. The quantitative estimate of drug-likeness (QED) is 0.353. The van der Waals surface area contributed by atoms with Crippen molar-refractivity contribution in [3.63, 3.8) is 0 Å². The average Bonchev–Trinajstić information content (AvgIpc) is 2.64. The van der Waals surface area contributed by atoms with E-state index in [1.807, 2.05) is 0 Å². The molecular formula is C20H21NO8. The number of aliphatic hydroxyl groups is 4. The molecule has 1 fully saturated rings. The summed E-state index contributed by atoms with van der Waals surface area (Å²) < 4.78 is 0. The average molecular weight is 403 g/mol. The number of phenols is 1. The topological polar surface area (TPSA) is 178 Å². The molecule has 29 heavy (non-hydrogen) atoms. The van der Waals surface area contributed by atoms with Crippen molar-refractivity contribution in [3.8, 4) is 5.75 Å². The van der Waals surface area contributed by atoms with Crippen molar-refractivity contribution in [1.82, 2.24) is 0 Å². The third-order valence-corrected chi connectivity index (χ3v) is 6.80. The van der Waals surface area contributed by atoms with E-state index in [-0.39, 0.29) is 17.5 Å². The van der Waals surface area contributed by atoms with Crippen LogP contribution in [-0.2, 0) is 15.0 Å². The number of rotatable bonds is 1. The van der Waals surface area contributed by atoms with E-state index >= 15 is 0 Å². The van der Waals surface area contributed by atoms with Gasteiger partial charge in [0, 0.05) is 23.8 Å². The normalized spacial score (nSPS) is 38.9. The van der Waals surface area contributed by atoms with Crippen LogP contribution in [0.15, 0.2) is 29.5 Å². The van der Waals surface area contributed by atoms with Gasteiger partial charge in [0.25, 0.3) is 0 Å². The monoisotopic (exact) mass is 403 g/mol. The Labute approximate surface area is 165 Å². The minimum absolute atomic E-state index is 0.0729. The van der Waals surface area contributed by atoms with Gasteiger partial charge in [0.2, 0.25) is 5.91 Å². The molecule has 1 amide bonds. The van der Waals surface area contributed by atoms with E-state index in [2.05, 4.69) is 0 Å². The van der Waals surface area contributed by atoms with Gasteiger partial charge in [-0.3, -0.25) is 14.4 Å². The second-order valence-electron chi connectivity index (χ2n) is 8.22. The Morgan fingerprint density at radius 2 is 1.86 bits per heavy atom. The molecule has 3 aliphatic carbocycles. The molecule has 0 aromatic heterocycles. The lowest BCUT2D eigenvalue weighted by Crippen LogP contribution is -2.66. The lowest BCUT2D eigenvalue weighted by Gasteiger charge is -2.53. The molecule has 4 rings (SSSR count). The van der Waals surface area contributed by atoms with Crippen molar-refractivity contribution in [1.29, 1.82) is 0 Å². The van der Waals surface area contributed by atoms with Crippen molar-refractivity contribution < 1.29 is 39.9 Å². The molecular weight excluding hydrogens is 382 g/mol. The van der Waals surface area contributed by atoms with Gasteiger partial charge in [-0.2, -0.15) is 0 Å². The molecule has 0 heterocycles. The minimum atomic E-state index is -2.58. The van der Waals surface area contributed by atoms with Crippen LogP contribution in [-0.4, -0.2) is 60.8 Å². The van der Waals surface area contributed by atoms with E-state index in [9.17, 15) is 39.9 Å². The number of primary amides is 1. The first-order chi connectivity index (χ1) is 13.5. The zero-order chi connectivity index (χ0) is 21.5. The molecule has 1 aromatic rings. The van der Waals surface area contributed by atoms with Crippen LogP contribution in [0.25, 0.3) is 0 Å². The lowest BCUT2D eigenvalue weighted by molar-refractivity contribution is -0.171. The third-order valence-electron chi connectivity index (χ3n) is 6.80. The van der Waals surface area contributed by atoms with Crippen molar-refractivity contribution in [2.24, 2.45) is 17.6 Å². The number of hydrogen-bond acceptors (Lipinski definition) is 8. The first kappa shape index (κ1) is 19.6. The maximum absolute atomic E-state index is 13.2. The van der Waals surface area contributed by atoms with Gasteiger partial charge in [0.15, 0.2) is 17.2 Å². The molecule has 7 N–H and O–H groups in total. The number of ketones is 2. The number of aliphatic hydroxyl groups excluding tert-OH is 3. The summed E-state index contributed by atoms with van der Waals surface area (Å²) in [5.41, 5.74) is 0.589. The van der Waals surface area contributed by atoms with Gasteiger partial charge in [0.1, 0.15) is 11.5 Å². The van der Waals surface area contributed by atoms with Crippen LogP contribution in [0, 0.1) is 11.8 Å². The lowest BCUT2D eigenvalue weighted by atomic mass is 9.51. The molecule has 0 bridgehead atoms. The van der Waals surface area contributed by atoms with E-state index in [4.69, 9.17) is 5.73 Å². The second-order valence-corrected chi connectivity index (χ2v) is 8.22. The van der Waals surface area contributed by atoms with Crippen molar-refractivity contribution >= 4 is 17.5 Å². The standard InChI is InChI=1S/C20H21NO8/c1-19(18(21)28)8-3-2-4-10(23)12(8)16(26)13-14(19)15(25)9-5-7(22)6-11(24)20(9,29)17(13)27/h2-4,7,9,14-15,22-23,25,27,29H,5-6H2,1H3,(H2,21,28). The Morgan fingerprint density at radius 1 is 1.21 bits per heavy atom. The van der Waals surface area contributed by atoms with Gasteiger partial charge in [-0.15, -0.1) is 0 Å². The molecule has 0 spiro atoms. The van der Waals surface area contributed by atoms with Gasteiger partial charge >= 0.3 is 0 Å². The number of amides is 1. The van der Waals surface area contributed by atoms with Gasteiger partial charge in [-0.05, 0) is 25.0 Å². The number of nitrogens with two attached hydrogens (primary N) is 1. The van der Waals surface area contributed by atoms with Crippen LogP contribution in [0.3, 0.4) is 0 Å². The summed E-state index contributed by atoms with van der Waals surface area (Å²) >= 11 is 0. The molecule has 9 nitrogen and oxygen atoms in total. The minimum Gasteiger partial charge on any atom is -0.508 e. The highest BCUT2D eigenvalue weighted by Gasteiger charge is 2.66. The molecule has 0 radical (unpaired) electrons. The SMILES string of the molecule is CC1(C(N)=O)c2cccc(O)c2C(=O)C2=C(O)C3(O)C(=O)CC(O)CC3C(O)C21. The van der Waals surface area contributed by atoms with Crippen LogP contribution < -0.4 is 5.73 Å². The third kappa shape index (κ3) is 2.17. The molecule has 6 unspecified atom stereocenters. The Morgan fingerprint density at radius 3 is 2.48 bits per heavy atom. The summed E-state index contributed by atoms with van der Waals surface area (Å²) in [6.07, 6.45) is -3.51. The van der Waals surface area contributed by atoms with E-state index in [0.29, 0.717) is 0 Å². The van der Waals surface area contributed by atoms with Gasteiger partial charge in [-0.1, -0.05) is 12.1 Å². The summed E-state index contributed by atoms with van der Waals surface area (Å²) in [4.78, 5) is 38.3. The Balaban J connectivity index is 2.09. The molecule has 3 aliphatic rings. The zero-order valence-corrected chi connectivity index (χ0v) is 15.5. The number of carbonyl (C=O) groups is 3.